The molecule has 0 amide bonds. The molecule has 14 heavy (non-hydrogen) atoms. The van der Waals surface area contributed by atoms with Crippen molar-refractivity contribution in [1.29, 1.82) is 0 Å². The predicted molar refractivity (Wildman–Crippen MR) is 59.4 cm³/mol. The Morgan fingerprint density at radius 1 is 1.14 bits per heavy atom. The molecule has 0 saturated carbocycles. The quantitative estimate of drug-likeness (QED) is 0.664. The van der Waals surface area contributed by atoms with Gasteiger partial charge in [0.15, 0.2) is 0 Å². The molecule has 0 fully saturated rings. The smallest absolute Gasteiger partial charge is 0.0717 e. The van der Waals surface area contributed by atoms with Gasteiger partial charge in [0.2, 0.25) is 0 Å². The van der Waals surface area contributed by atoms with Gasteiger partial charge < -0.3 is 9.64 Å². The second-order valence-electron chi connectivity index (χ2n) is 3.84. The summed E-state index contributed by atoms with van der Waals surface area (Å²) in [5.41, 5.74) is 2.54. The van der Waals surface area contributed by atoms with Crippen LogP contribution in [-0.2, 0) is 11.3 Å². The summed E-state index contributed by atoms with van der Waals surface area (Å²) in [6, 6.07) is 8.46. The van der Waals surface area contributed by atoms with Crippen LogP contribution in [0.4, 0.5) is 0 Å². The van der Waals surface area contributed by atoms with Crippen molar-refractivity contribution in [3.8, 4) is 0 Å². The SMILES string of the molecule is Cc1ccc(COCCN(C)C)cc1. The number of rotatable bonds is 5. The molecule has 0 unspecified atom stereocenters. The van der Waals surface area contributed by atoms with Crippen LogP contribution in [0.2, 0.25) is 0 Å². The van der Waals surface area contributed by atoms with Gasteiger partial charge in [0.25, 0.3) is 0 Å². The molecule has 0 N–H and O–H groups in total. The summed E-state index contributed by atoms with van der Waals surface area (Å²) in [5.74, 6) is 0. The van der Waals surface area contributed by atoms with Gasteiger partial charge in [-0.15, -0.1) is 0 Å². The number of nitrogens with zero attached hydrogens (tertiary/aromatic N) is 1. The first kappa shape index (κ1) is 11.2. The maximum absolute atomic E-state index is 5.53. The molecular formula is C12H19NO. The number of ether oxygens (including phenoxy) is 1. The lowest BCUT2D eigenvalue weighted by atomic mass is 10.2. The Balaban J connectivity index is 2.21. The Hall–Kier alpha value is -0.860. The Kier molecular flexibility index (Phi) is 4.63. The average molecular weight is 193 g/mol. The van der Waals surface area contributed by atoms with Crippen molar-refractivity contribution in [1.82, 2.24) is 4.90 Å². The van der Waals surface area contributed by atoms with Crippen LogP contribution in [-0.4, -0.2) is 32.1 Å². The van der Waals surface area contributed by atoms with Gasteiger partial charge in [0, 0.05) is 6.54 Å². The van der Waals surface area contributed by atoms with E-state index in [1.807, 2.05) is 0 Å². The van der Waals surface area contributed by atoms with Crippen LogP contribution in [0.5, 0.6) is 0 Å². The zero-order valence-corrected chi connectivity index (χ0v) is 9.29. The third-order valence-electron chi connectivity index (χ3n) is 2.07. The highest BCUT2D eigenvalue weighted by Crippen LogP contribution is 2.04. The Bertz CT molecular complexity index is 254. The van der Waals surface area contributed by atoms with E-state index < -0.39 is 0 Å². The molecule has 0 atom stereocenters. The van der Waals surface area contributed by atoms with E-state index in [-0.39, 0.29) is 0 Å². The molecule has 0 aliphatic heterocycles. The fourth-order valence-electron chi connectivity index (χ4n) is 1.12. The summed E-state index contributed by atoms with van der Waals surface area (Å²) in [6.07, 6.45) is 0. The molecule has 1 aromatic carbocycles. The fraction of sp³-hybridized carbons (Fsp3) is 0.500. The maximum atomic E-state index is 5.53. The topological polar surface area (TPSA) is 12.5 Å². The lowest BCUT2D eigenvalue weighted by Crippen LogP contribution is -2.17. The van der Waals surface area contributed by atoms with Crippen LogP contribution in [0.3, 0.4) is 0 Å². The van der Waals surface area contributed by atoms with Crippen LogP contribution in [0.25, 0.3) is 0 Å². The third-order valence-corrected chi connectivity index (χ3v) is 2.07. The van der Waals surface area contributed by atoms with Gasteiger partial charge in [-0.2, -0.15) is 0 Å². The summed E-state index contributed by atoms with van der Waals surface area (Å²) in [6.45, 7) is 4.58. The molecule has 0 saturated heterocycles. The van der Waals surface area contributed by atoms with E-state index in [1.54, 1.807) is 0 Å². The number of hydrogen-bond donors (Lipinski definition) is 0. The number of hydrogen-bond acceptors (Lipinski definition) is 2. The molecule has 0 aliphatic carbocycles. The van der Waals surface area contributed by atoms with Gasteiger partial charge in [-0.25, -0.2) is 0 Å². The third kappa shape index (κ3) is 4.40. The molecule has 0 bridgehead atoms. The van der Waals surface area contributed by atoms with E-state index in [9.17, 15) is 0 Å². The first-order chi connectivity index (χ1) is 6.68. The molecule has 1 rings (SSSR count). The van der Waals surface area contributed by atoms with E-state index in [0.717, 1.165) is 13.2 Å². The van der Waals surface area contributed by atoms with Gasteiger partial charge in [0.1, 0.15) is 0 Å². The Morgan fingerprint density at radius 3 is 2.36 bits per heavy atom. The van der Waals surface area contributed by atoms with Crippen molar-refractivity contribution < 1.29 is 4.74 Å². The van der Waals surface area contributed by atoms with E-state index in [2.05, 4.69) is 50.2 Å². The minimum Gasteiger partial charge on any atom is -0.375 e. The minimum atomic E-state index is 0.716. The van der Waals surface area contributed by atoms with Gasteiger partial charge in [0.05, 0.1) is 13.2 Å². The highest BCUT2D eigenvalue weighted by Gasteiger charge is 1.93. The second-order valence-corrected chi connectivity index (χ2v) is 3.84. The molecule has 0 heterocycles. The van der Waals surface area contributed by atoms with Crippen molar-refractivity contribution in [3.63, 3.8) is 0 Å². The number of benzene rings is 1. The van der Waals surface area contributed by atoms with Crippen LogP contribution in [0.1, 0.15) is 11.1 Å². The van der Waals surface area contributed by atoms with Crippen molar-refractivity contribution in [2.24, 2.45) is 0 Å². The van der Waals surface area contributed by atoms with Gasteiger partial charge in [-0.1, -0.05) is 29.8 Å². The van der Waals surface area contributed by atoms with Gasteiger partial charge in [-0.3, -0.25) is 0 Å². The molecule has 0 spiro atoms. The van der Waals surface area contributed by atoms with Gasteiger partial charge in [-0.05, 0) is 26.6 Å². The zero-order chi connectivity index (χ0) is 10.4. The van der Waals surface area contributed by atoms with E-state index in [4.69, 9.17) is 4.74 Å². The van der Waals surface area contributed by atoms with Crippen molar-refractivity contribution in [2.45, 2.75) is 13.5 Å². The summed E-state index contributed by atoms with van der Waals surface area (Å²) in [4.78, 5) is 2.12. The molecule has 0 aliphatic rings. The van der Waals surface area contributed by atoms with Crippen molar-refractivity contribution in [3.05, 3.63) is 35.4 Å². The average Bonchev–Trinajstić information content (AvgIpc) is 2.15. The number of aryl methyl sites for hydroxylation is 1. The lowest BCUT2D eigenvalue weighted by molar-refractivity contribution is 0.105. The highest BCUT2D eigenvalue weighted by atomic mass is 16.5. The summed E-state index contributed by atoms with van der Waals surface area (Å²) in [7, 11) is 4.10. The Morgan fingerprint density at radius 2 is 1.79 bits per heavy atom. The summed E-state index contributed by atoms with van der Waals surface area (Å²) in [5, 5.41) is 0. The fourth-order valence-corrected chi connectivity index (χ4v) is 1.12. The predicted octanol–water partition coefficient (Wildman–Crippen LogP) is 2.07. The number of likely N-dealkylation sites (N-methyl/N-ethyl adjacent to an activating group) is 1. The summed E-state index contributed by atoms with van der Waals surface area (Å²) < 4.78 is 5.53. The zero-order valence-electron chi connectivity index (χ0n) is 9.29. The monoisotopic (exact) mass is 193 g/mol. The minimum absolute atomic E-state index is 0.716. The molecule has 0 radical (unpaired) electrons. The largest absolute Gasteiger partial charge is 0.375 e. The molecule has 1 aromatic rings. The van der Waals surface area contributed by atoms with Crippen LogP contribution in [0, 0.1) is 6.92 Å². The maximum Gasteiger partial charge on any atom is 0.0717 e. The van der Waals surface area contributed by atoms with E-state index >= 15 is 0 Å². The van der Waals surface area contributed by atoms with Crippen molar-refractivity contribution in [2.75, 3.05) is 27.2 Å². The second kappa shape index (κ2) is 5.78. The van der Waals surface area contributed by atoms with Crippen LogP contribution < -0.4 is 0 Å². The molecule has 2 heteroatoms. The first-order valence-corrected chi connectivity index (χ1v) is 4.96. The normalized spacial score (nSPS) is 10.9. The summed E-state index contributed by atoms with van der Waals surface area (Å²) >= 11 is 0. The van der Waals surface area contributed by atoms with Crippen molar-refractivity contribution >= 4 is 0 Å². The molecule has 0 aromatic heterocycles. The standard InChI is InChI=1S/C12H19NO/c1-11-4-6-12(7-5-11)10-14-9-8-13(2)3/h4-7H,8-10H2,1-3H3. The van der Waals surface area contributed by atoms with Crippen LogP contribution in [0.15, 0.2) is 24.3 Å². The van der Waals surface area contributed by atoms with E-state index in [1.165, 1.54) is 11.1 Å². The van der Waals surface area contributed by atoms with Crippen LogP contribution >= 0.6 is 0 Å². The van der Waals surface area contributed by atoms with Gasteiger partial charge >= 0.3 is 0 Å². The molecule has 2 nitrogen and oxygen atoms in total. The highest BCUT2D eigenvalue weighted by molar-refractivity contribution is 5.20. The molecular weight excluding hydrogens is 174 g/mol. The lowest BCUT2D eigenvalue weighted by Gasteiger charge is -2.09. The molecule has 78 valence electrons. The first-order valence-electron chi connectivity index (χ1n) is 4.96. The Labute approximate surface area is 86.5 Å². The van der Waals surface area contributed by atoms with E-state index in [0.29, 0.717) is 6.61 Å².